The number of aryl methyl sites for hydroxylation is 2. The minimum Gasteiger partial charge on any atom is -0.341 e. The van der Waals surface area contributed by atoms with E-state index in [1.54, 1.807) is 0 Å². The molecule has 4 heteroatoms. The molecule has 0 saturated carbocycles. The molecule has 0 spiro atoms. The Labute approximate surface area is 128 Å². The topological polar surface area (TPSA) is 42.2 Å². The van der Waals surface area contributed by atoms with Gasteiger partial charge in [-0.15, -0.1) is 0 Å². The van der Waals surface area contributed by atoms with Crippen molar-refractivity contribution in [3.8, 4) is 0 Å². The average molecular weight is 288 g/mol. The fourth-order valence-electron chi connectivity index (χ4n) is 2.65. The number of rotatable bonds is 2. The fourth-order valence-corrected chi connectivity index (χ4v) is 2.65. The Hall–Kier alpha value is -2.88. The van der Waals surface area contributed by atoms with Crippen molar-refractivity contribution in [2.24, 2.45) is 0 Å². The highest BCUT2D eigenvalue weighted by Crippen LogP contribution is 2.24. The number of para-hydroxylation sites is 2. The number of anilines is 2. The van der Waals surface area contributed by atoms with Crippen LogP contribution >= 0.6 is 0 Å². The van der Waals surface area contributed by atoms with Crippen molar-refractivity contribution in [2.45, 2.75) is 13.8 Å². The second kappa shape index (κ2) is 4.84. The monoisotopic (exact) mass is 288 g/mol. The third-order valence-electron chi connectivity index (χ3n) is 3.73. The molecule has 0 amide bonds. The van der Waals surface area contributed by atoms with E-state index in [9.17, 15) is 0 Å². The number of nitrogens with one attached hydrogen (secondary N) is 1. The van der Waals surface area contributed by atoms with Gasteiger partial charge in [0.05, 0.1) is 11.0 Å². The Kier molecular flexibility index (Phi) is 2.82. The summed E-state index contributed by atoms with van der Waals surface area (Å²) < 4.78 is 2.06. The summed E-state index contributed by atoms with van der Waals surface area (Å²) >= 11 is 0. The van der Waals surface area contributed by atoms with Crippen LogP contribution in [0.1, 0.15) is 11.3 Å². The van der Waals surface area contributed by atoms with Crippen LogP contribution in [0.3, 0.4) is 0 Å². The predicted octanol–water partition coefficient (Wildman–Crippen LogP) is 4.24. The second-order valence-corrected chi connectivity index (χ2v) is 5.51. The third-order valence-corrected chi connectivity index (χ3v) is 3.73. The van der Waals surface area contributed by atoms with Gasteiger partial charge in [-0.1, -0.05) is 29.8 Å². The first kappa shape index (κ1) is 12.8. The lowest BCUT2D eigenvalue weighted by atomic mass is 10.2. The molecule has 0 aliphatic rings. The van der Waals surface area contributed by atoms with Gasteiger partial charge in [0.15, 0.2) is 0 Å². The van der Waals surface area contributed by atoms with Crippen molar-refractivity contribution in [1.29, 1.82) is 0 Å². The lowest BCUT2D eigenvalue weighted by Crippen LogP contribution is -2.01. The maximum atomic E-state index is 4.60. The van der Waals surface area contributed by atoms with E-state index in [2.05, 4.69) is 56.9 Å². The summed E-state index contributed by atoms with van der Waals surface area (Å²) in [5.74, 6) is 1.69. The Balaban J connectivity index is 1.93. The number of fused-ring (bicyclic) bond motifs is 3. The molecule has 0 atom stereocenters. The molecule has 0 saturated heterocycles. The Morgan fingerprint density at radius 2 is 1.68 bits per heavy atom. The first-order chi connectivity index (χ1) is 10.7. The standard InChI is InChI=1S/C18H16N4/c1-12-7-9-14(10-8-12)20-17-11-13(2)19-18-21-15-5-3-4-6-16(15)22(17)18/h3-11,20H,1-2H3. The van der Waals surface area contributed by atoms with Gasteiger partial charge in [-0.25, -0.2) is 9.97 Å². The molecule has 1 N–H and O–H groups in total. The highest BCUT2D eigenvalue weighted by Gasteiger charge is 2.10. The molecular weight excluding hydrogens is 272 g/mol. The number of benzene rings is 2. The zero-order chi connectivity index (χ0) is 15.1. The van der Waals surface area contributed by atoms with Crippen molar-refractivity contribution >= 4 is 28.3 Å². The summed E-state index contributed by atoms with van der Waals surface area (Å²) in [5.41, 5.74) is 5.24. The molecule has 0 aliphatic heterocycles. The molecule has 4 rings (SSSR count). The van der Waals surface area contributed by atoms with Gasteiger partial charge in [-0.05, 0) is 38.1 Å². The molecule has 0 radical (unpaired) electrons. The summed E-state index contributed by atoms with van der Waals surface area (Å²) in [6, 6.07) is 18.5. The Morgan fingerprint density at radius 3 is 2.50 bits per heavy atom. The van der Waals surface area contributed by atoms with Gasteiger partial charge >= 0.3 is 0 Å². The van der Waals surface area contributed by atoms with Gasteiger partial charge in [0.1, 0.15) is 5.82 Å². The van der Waals surface area contributed by atoms with Crippen LogP contribution in [-0.2, 0) is 0 Å². The van der Waals surface area contributed by atoms with E-state index in [0.717, 1.165) is 34.0 Å². The largest absolute Gasteiger partial charge is 0.341 e. The van der Waals surface area contributed by atoms with Crippen LogP contribution < -0.4 is 5.32 Å². The van der Waals surface area contributed by atoms with Crippen LogP contribution in [0, 0.1) is 13.8 Å². The molecule has 2 aromatic carbocycles. The van der Waals surface area contributed by atoms with Crippen LogP contribution in [0.5, 0.6) is 0 Å². The van der Waals surface area contributed by atoms with E-state index in [4.69, 9.17) is 0 Å². The zero-order valence-electron chi connectivity index (χ0n) is 12.5. The number of imidazole rings is 1. The summed E-state index contributed by atoms with van der Waals surface area (Å²) in [4.78, 5) is 9.15. The van der Waals surface area contributed by atoms with Gasteiger partial charge in [0.2, 0.25) is 5.78 Å². The van der Waals surface area contributed by atoms with Gasteiger partial charge in [0, 0.05) is 17.4 Å². The van der Waals surface area contributed by atoms with E-state index >= 15 is 0 Å². The summed E-state index contributed by atoms with van der Waals surface area (Å²) in [6.45, 7) is 4.07. The fraction of sp³-hybridized carbons (Fsp3) is 0.111. The maximum absolute atomic E-state index is 4.60. The predicted molar refractivity (Wildman–Crippen MR) is 89.7 cm³/mol. The van der Waals surface area contributed by atoms with Crippen LogP contribution in [0.25, 0.3) is 16.8 Å². The molecule has 0 aliphatic carbocycles. The zero-order valence-corrected chi connectivity index (χ0v) is 12.5. The smallest absolute Gasteiger partial charge is 0.236 e. The minimum atomic E-state index is 0.718. The first-order valence-corrected chi connectivity index (χ1v) is 7.29. The number of hydrogen-bond donors (Lipinski definition) is 1. The van der Waals surface area contributed by atoms with Crippen LogP contribution in [-0.4, -0.2) is 14.4 Å². The number of nitrogens with zero attached hydrogens (tertiary/aromatic N) is 3. The van der Waals surface area contributed by atoms with E-state index < -0.39 is 0 Å². The molecule has 0 unspecified atom stereocenters. The van der Waals surface area contributed by atoms with Crippen molar-refractivity contribution in [1.82, 2.24) is 14.4 Å². The van der Waals surface area contributed by atoms with Crippen molar-refractivity contribution < 1.29 is 0 Å². The first-order valence-electron chi connectivity index (χ1n) is 7.29. The molecule has 4 aromatic rings. The van der Waals surface area contributed by atoms with Crippen LogP contribution in [0.15, 0.2) is 54.6 Å². The van der Waals surface area contributed by atoms with Gasteiger partial charge in [-0.2, -0.15) is 0 Å². The molecule has 4 nitrogen and oxygen atoms in total. The van der Waals surface area contributed by atoms with Crippen molar-refractivity contribution in [3.05, 3.63) is 65.9 Å². The molecule has 0 bridgehead atoms. The van der Waals surface area contributed by atoms with Crippen LogP contribution in [0.2, 0.25) is 0 Å². The highest BCUT2D eigenvalue weighted by atomic mass is 15.2. The van der Waals surface area contributed by atoms with E-state index in [0.29, 0.717) is 0 Å². The minimum absolute atomic E-state index is 0.718. The molecule has 108 valence electrons. The summed E-state index contributed by atoms with van der Waals surface area (Å²) in [6.07, 6.45) is 0. The van der Waals surface area contributed by atoms with Gasteiger partial charge < -0.3 is 5.32 Å². The molecule has 22 heavy (non-hydrogen) atoms. The van der Waals surface area contributed by atoms with Crippen molar-refractivity contribution in [3.63, 3.8) is 0 Å². The molecule has 2 heterocycles. The SMILES string of the molecule is Cc1ccc(Nc2cc(C)nc3nc4ccccc4n23)cc1. The summed E-state index contributed by atoms with van der Waals surface area (Å²) in [7, 11) is 0. The van der Waals surface area contributed by atoms with E-state index in [1.807, 2.05) is 31.2 Å². The number of hydrogen-bond acceptors (Lipinski definition) is 3. The quantitative estimate of drug-likeness (QED) is 0.600. The average Bonchev–Trinajstić information content (AvgIpc) is 2.87. The molecular formula is C18H16N4. The normalized spacial score (nSPS) is 11.2. The molecule has 2 aromatic heterocycles. The second-order valence-electron chi connectivity index (χ2n) is 5.51. The maximum Gasteiger partial charge on any atom is 0.236 e. The number of aromatic nitrogens is 3. The lowest BCUT2D eigenvalue weighted by Gasteiger charge is -2.10. The Bertz CT molecular complexity index is 968. The third kappa shape index (κ3) is 2.09. The summed E-state index contributed by atoms with van der Waals surface area (Å²) in [5, 5.41) is 3.48. The molecule has 0 fully saturated rings. The van der Waals surface area contributed by atoms with Crippen molar-refractivity contribution in [2.75, 3.05) is 5.32 Å². The van der Waals surface area contributed by atoms with Gasteiger partial charge in [0.25, 0.3) is 0 Å². The lowest BCUT2D eigenvalue weighted by molar-refractivity contribution is 1.09. The van der Waals surface area contributed by atoms with E-state index in [1.165, 1.54) is 5.56 Å². The Morgan fingerprint density at radius 1 is 0.909 bits per heavy atom. The highest BCUT2D eigenvalue weighted by molar-refractivity contribution is 5.82. The van der Waals surface area contributed by atoms with Crippen LogP contribution in [0.4, 0.5) is 11.5 Å². The van der Waals surface area contributed by atoms with Gasteiger partial charge in [-0.3, -0.25) is 4.40 Å². The van der Waals surface area contributed by atoms with E-state index in [-0.39, 0.29) is 0 Å².